The molecule has 162 valence electrons. The third kappa shape index (κ3) is 8.13. The summed E-state index contributed by atoms with van der Waals surface area (Å²) in [6.45, 7) is 2.03. The standard InChI is InChI=1S/C16H25N5O8/c1-7(19-14(26)8-3-2-4-18-8)13(25)20-9(6-12(23)24)15(27)21-10(16(28)29)5-11(17)22/h7-10,18H,2-6H2,1H3,(H2,17,22)(H,19,26)(H,20,25)(H,21,27)(H,23,24)(H,28,29). The Morgan fingerprint density at radius 3 is 2.10 bits per heavy atom. The fourth-order valence-corrected chi connectivity index (χ4v) is 2.64. The fraction of sp³-hybridized carbons (Fsp3) is 0.625. The molecule has 13 heteroatoms. The van der Waals surface area contributed by atoms with E-state index in [2.05, 4.69) is 16.0 Å². The van der Waals surface area contributed by atoms with Gasteiger partial charge in [0.2, 0.25) is 23.6 Å². The maximum absolute atomic E-state index is 12.3. The lowest BCUT2D eigenvalue weighted by atomic mass is 10.1. The third-order valence-electron chi connectivity index (χ3n) is 4.16. The Morgan fingerprint density at radius 1 is 1.00 bits per heavy atom. The van der Waals surface area contributed by atoms with Crippen molar-refractivity contribution in [3.63, 3.8) is 0 Å². The first kappa shape index (κ1) is 23.8. The highest BCUT2D eigenvalue weighted by Crippen LogP contribution is 2.05. The lowest BCUT2D eigenvalue weighted by molar-refractivity contribution is -0.144. The highest BCUT2D eigenvalue weighted by Gasteiger charge is 2.31. The van der Waals surface area contributed by atoms with Crippen molar-refractivity contribution in [2.45, 2.75) is 56.8 Å². The van der Waals surface area contributed by atoms with Crippen LogP contribution < -0.4 is 27.0 Å². The molecule has 0 radical (unpaired) electrons. The number of rotatable bonds is 11. The molecule has 8 N–H and O–H groups in total. The number of nitrogens with two attached hydrogens (primary N) is 1. The Bertz CT molecular complexity index is 676. The predicted octanol–water partition coefficient (Wildman–Crippen LogP) is -3.35. The van der Waals surface area contributed by atoms with E-state index >= 15 is 0 Å². The van der Waals surface area contributed by atoms with Gasteiger partial charge in [0.25, 0.3) is 0 Å². The molecule has 1 heterocycles. The molecule has 1 aliphatic rings. The number of carboxylic acid groups (broad SMARTS) is 2. The first-order chi connectivity index (χ1) is 13.5. The van der Waals surface area contributed by atoms with E-state index in [1.54, 1.807) is 0 Å². The van der Waals surface area contributed by atoms with Crippen LogP contribution in [0, 0.1) is 0 Å². The zero-order valence-corrected chi connectivity index (χ0v) is 15.8. The van der Waals surface area contributed by atoms with Crippen LogP contribution in [0.1, 0.15) is 32.6 Å². The SMILES string of the molecule is CC(NC(=O)C1CCCN1)C(=O)NC(CC(=O)O)C(=O)NC(CC(N)=O)C(=O)O. The topological polar surface area (TPSA) is 217 Å². The molecule has 0 saturated carbocycles. The van der Waals surface area contributed by atoms with Gasteiger partial charge in [-0.3, -0.25) is 24.0 Å². The molecule has 0 bridgehead atoms. The Morgan fingerprint density at radius 2 is 1.62 bits per heavy atom. The Kier molecular flexibility index (Phi) is 8.99. The van der Waals surface area contributed by atoms with Gasteiger partial charge in [0, 0.05) is 0 Å². The van der Waals surface area contributed by atoms with Gasteiger partial charge in [0.1, 0.15) is 18.1 Å². The molecule has 0 aliphatic carbocycles. The zero-order chi connectivity index (χ0) is 22.1. The van der Waals surface area contributed by atoms with Crippen molar-refractivity contribution in [1.82, 2.24) is 21.3 Å². The molecule has 1 saturated heterocycles. The van der Waals surface area contributed by atoms with Gasteiger partial charge < -0.3 is 37.2 Å². The third-order valence-corrected chi connectivity index (χ3v) is 4.16. The molecule has 13 nitrogen and oxygen atoms in total. The molecule has 1 fully saturated rings. The summed E-state index contributed by atoms with van der Waals surface area (Å²) in [5.74, 6) is -6.34. The number of hydrogen-bond acceptors (Lipinski definition) is 7. The number of carboxylic acids is 2. The molecule has 1 aliphatic heterocycles. The minimum absolute atomic E-state index is 0.406. The second-order valence-corrected chi connectivity index (χ2v) is 6.61. The molecule has 29 heavy (non-hydrogen) atoms. The Hall–Kier alpha value is -3.22. The molecule has 1 rings (SSSR count). The molecule has 0 aromatic carbocycles. The quantitative estimate of drug-likeness (QED) is 0.179. The molecule has 4 atom stereocenters. The molecule has 0 aromatic rings. The van der Waals surface area contributed by atoms with Crippen LogP contribution in [0.3, 0.4) is 0 Å². The van der Waals surface area contributed by atoms with Gasteiger partial charge in [0.15, 0.2) is 0 Å². The zero-order valence-electron chi connectivity index (χ0n) is 15.8. The molecule has 4 unspecified atom stereocenters. The van der Waals surface area contributed by atoms with E-state index in [9.17, 15) is 28.8 Å². The minimum Gasteiger partial charge on any atom is -0.481 e. The molecular formula is C16H25N5O8. The van der Waals surface area contributed by atoms with Crippen LogP contribution in [0.4, 0.5) is 0 Å². The number of amides is 4. The van der Waals surface area contributed by atoms with E-state index in [0.717, 1.165) is 6.42 Å². The van der Waals surface area contributed by atoms with Gasteiger partial charge in [-0.1, -0.05) is 0 Å². The van der Waals surface area contributed by atoms with E-state index in [0.29, 0.717) is 13.0 Å². The molecular weight excluding hydrogens is 390 g/mol. The Balaban J connectivity index is 2.74. The number of carbonyl (C=O) groups is 6. The second kappa shape index (κ2) is 10.9. The number of primary amides is 1. The van der Waals surface area contributed by atoms with Crippen LogP contribution in [-0.4, -0.2) is 76.5 Å². The highest BCUT2D eigenvalue weighted by atomic mass is 16.4. The van der Waals surface area contributed by atoms with Crippen molar-refractivity contribution >= 4 is 35.6 Å². The van der Waals surface area contributed by atoms with Crippen LogP contribution in [0.25, 0.3) is 0 Å². The van der Waals surface area contributed by atoms with Crippen LogP contribution >= 0.6 is 0 Å². The summed E-state index contributed by atoms with van der Waals surface area (Å²) < 4.78 is 0. The smallest absolute Gasteiger partial charge is 0.326 e. The van der Waals surface area contributed by atoms with Gasteiger partial charge in [-0.25, -0.2) is 4.79 Å². The van der Waals surface area contributed by atoms with Crippen LogP contribution in [0.2, 0.25) is 0 Å². The maximum Gasteiger partial charge on any atom is 0.326 e. The molecule has 4 amide bonds. The summed E-state index contributed by atoms with van der Waals surface area (Å²) in [5, 5.41) is 27.5. The van der Waals surface area contributed by atoms with E-state index in [-0.39, 0.29) is 0 Å². The van der Waals surface area contributed by atoms with E-state index in [1.165, 1.54) is 6.92 Å². The van der Waals surface area contributed by atoms with Crippen LogP contribution in [0.15, 0.2) is 0 Å². The van der Waals surface area contributed by atoms with Crippen molar-refractivity contribution < 1.29 is 39.0 Å². The monoisotopic (exact) mass is 415 g/mol. The summed E-state index contributed by atoms with van der Waals surface area (Å²) in [5.41, 5.74) is 4.92. The predicted molar refractivity (Wildman–Crippen MR) is 96.2 cm³/mol. The Labute approximate surface area is 165 Å². The number of aliphatic carboxylic acids is 2. The largest absolute Gasteiger partial charge is 0.481 e. The normalized spacial score (nSPS) is 18.7. The van der Waals surface area contributed by atoms with Gasteiger partial charge in [-0.2, -0.15) is 0 Å². The second-order valence-electron chi connectivity index (χ2n) is 6.61. The number of hydrogen-bond donors (Lipinski definition) is 7. The van der Waals surface area contributed by atoms with Gasteiger partial charge in [0.05, 0.1) is 18.9 Å². The van der Waals surface area contributed by atoms with Crippen molar-refractivity contribution in [3.05, 3.63) is 0 Å². The van der Waals surface area contributed by atoms with Crippen LogP contribution in [-0.2, 0) is 28.8 Å². The van der Waals surface area contributed by atoms with Crippen molar-refractivity contribution in [1.29, 1.82) is 0 Å². The maximum atomic E-state index is 12.3. The highest BCUT2D eigenvalue weighted by molar-refractivity contribution is 5.96. The van der Waals surface area contributed by atoms with Crippen molar-refractivity contribution in [2.24, 2.45) is 5.73 Å². The summed E-state index contributed by atoms with van der Waals surface area (Å²) in [7, 11) is 0. The fourth-order valence-electron chi connectivity index (χ4n) is 2.64. The first-order valence-electron chi connectivity index (χ1n) is 8.88. The van der Waals surface area contributed by atoms with Crippen LogP contribution in [0.5, 0.6) is 0 Å². The average molecular weight is 415 g/mol. The number of nitrogens with one attached hydrogen (secondary N) is 4. The lowest BCUT2D eigenvalue weighted by Gasteiger charge is -2.22. The van der Waals surface area contributed by atoms with Gasteiger partial charge in [-0.15, -0.1) is 0 Å². The van der Waals surface area contributed by atoms with E-state index < -0.39 is 72.6 Å². The summed E-state index contributed by atoms with van der Waals surface area (Å²) in [6, 6.07) is -4.82. The van der Waals surface area contributed by atoms with Gasteiger partial charge in [-0.05, 0) is 26.3 Å². The lowest BCUT2D eigenvalue weighted by Crippen LogP contribution is -2.57. The summed E-state index contributed by atoms with van der Waals surface area (Å²) >= 11 is 0. The first-order valence-corrected chi connectivity index (χ1v) is 8.88. The molecule has 0 aromatic heterocycles. The number of carbonyl (C=O) groups excluding carboxylic acids is 4. The van der Waals surface area contributed by atoms with Crippen molar-refractivity contribution in [3.8, 4) is 0 Å². The minimum atomic E-state index is -1.68. The van der Waals surface area contributed by atoms with Crippen molar-refractivity contribution in [2.75, 3.05) is 6.54 Å². The summed E-state index contributed by atoms with van der Waals surface area (Å²) in [6.07, 6.45) is -0.128. The molecule has 0 spiro atoms. The van der Waals surface area contributed by atoms with Gasteiger partial charge >= 0.3 is 11.9 Å². The average Bonchev–Trinajstić information content (AvgIpc) is 3.14. The summed E-state index contributed by atoms with van der Waals surface area (Å²) in [4.78, 5) is 69.6. The van der Waals surface area contributed by atoms with E-state index in [4.69, 9.17) is 15.9 Å². The van der Waals surface area contributed by atoms with E-state index in [1.807, 2.05) is 5.32 Å².